The lowest BCUT2D eigenvalue weighted by Gasteiger charge is -2.32. The number of hydrogen-bond acceptors (Lipinski definition) is 4. The Labute approximate surface area is 193 Å². The van der Waals surface area contributed by atoms with Gasteiger partial charge < -0.3 is 10.2 Å². The highest BCUT2D eigenvalue weighted by molar-refractivity contribution is 7.92. The molecule has 0 fully saturated rings. The van der Waals surface area contributed by atoms with Gasteiger partial charge in [0.2, 0.25) is 21.8 Å². The van der Waals surface area contributed by atoms with E-state index in [1.165, 1.54) is 24.1 Å². The SMILES string of the molecule is CC[C@@H](C(=O)NC)N(Cc1ccccc1)C(=O)CN(c1cccc(Cl)c1Cl)S(C)(=O)=O. The topological polar surface area (TPSA) is 86.8 Å². The van der Waals surface area contributed by atoms with E-state index >= 15 is 0 Å². The van der Waals surface area contributed by atoms with Crippen LogP contribution in [0.25, 0.3) is 0 Å². The van der Waals surface area contributed by atoms with Crippen LogP contribution >= 0.6 is 23.2 Å². The van der Waals surface area contributed by atoms with Crippen molar-refractivity contribution in [1.82, 2.24) is 10.2 Å². The highest BCUT2D eigenvalue weighted by Crippen LogP contribution is 2.33. The predicted molar refractivity (Wildman–Crippen MR) is 124 cm³/mol. The summed E-state index contributed by atoms with van der Waals surface area (Å²) in [6.45, 7) is 1.40. The first-order valence-corrected chi connectivity index (χ1v) is 12.2. The van der Waals surface area contributed by atoms with E-state index in [0.29, 0.717) is 6.42 Å². The lowest BCUT2D eigenvalue weighted by molar-refractivity contribution is -0.140. The molecular formula is C21H25Cl2N3O4S. The number of likely N-dealkylation sites (N-methyl/N-ethyl adjacent to an activating group) is 1. The van der Waals surface area contributed by atoms with Gasteiger partial charge in [-0.25, -0.2) is 8.42 Å². The summed E-state index contributed by atoms with van der Waals surface area (Å²) < 4.78 is 25.9. The Bertz CT molecular complexity index is 1030. The number of amides is 2. The summed E-state index contributed by atoms with van der Waals surface area (Å²) in [5.74, 6) is -0.876. The monoisotopic (exact) mass is 485 g/mol. The molecule has 31 heavy (non-hydrogen) atoms. The van der Waals surface area contributed by atoms with Crippen molar-refractivity contribution in [3.05, 3.63) is 64.1 Å². The van der Waals surface area contributed by atoms with Crippen molar-refractivity contribution >= 4 is 50.7 Å². The lowest BCUT2D eigenvalue weighted by Crippen LogP contribution is -2.51. The number of carbonyl (C=O) groups excluding carboxylic acids is 2. The van der Waals surface area contributed by atoms with E-state index in [1.54, 1.807) is 13.0 Å². The maximum Gasteiger partial charge on any atom is 0.244 e. The molecule has 2 rings (SSSR count). The van der Waals surface area contributed by atoms with Crippen LogP contribution in [0.4, 0.5) is 5.69 Å². The lowest BCUT2D eigenvalue weighted by atomic mass is 10.1. The molecule has 0 radical (unpaired) electrons. The maximum atomic E-state index is 13.4. The predicted octanol–water partition coefficient (Wildman–Crippen LogP) is 3.31. The molecule has 0 spiro atoms. The highest BCUT2D eigenvalue weighted by Gasteiger charge is 2.32. The molecule has 1 atom stereocenters. The van der Waals surface area contributed by atoms with E-state index in [4.69, 9.17) is 23.2 Å². The zero-order chi connectivity index (χ0) is 23.2. The van der Waals surface area contributed by atoms with Crippen LogP contribution in [0.15, 0.2) is 48.5 Å². The van der Waals surface area contributed by atoms with Gasteiger partial charge in [0.05, 0.1) is 22.0 Å². The van der Waals surface area contributed by atoms with Gasteiger partial charge in [0.15, 0.2) is 0 Å². The van der Waals surface area contributed by atoms with Gasteiger partial charge >= 0.3 is 0 Å². The summed E-state index contributed by atoms with van der Waals surface area (Å²) in [5.41, 5.74) is 0.905. The molecule has 0 aliphatic heterocycles. The van der Waals surface area contributed by atoms with Crippen molar-refractivity contribution < 1.29 is 18.0 Å². The molecule has 0 bridgehead atoms. The molecule has 2 aromatic rings. The zero-order valence-corrected chi connectivity index (χ0v) is 19.8. The minimum Gasteiger partial charge on any atom is -0.357 e. The van der Waals surface area contributed by atoms with Gasteiger partial charge in [0.1, 0.15) is 12.6 Å². The quantitative estimate of drug-likeness (QED) is 0.589. The molecule has 10 heteroatoms. The fourth-order valence-electron chi connectivity index (χ4n) is 3.15. The van der Waals surface area contributed by atoms with Crippen molar-refractivity contribution in [3.8, 4) is 0 Å². The molecule has 0 aliphatic carbocycles. The van der Waals surface area contributed by atoms with Gasteiger partial charge in [-0.1, -0.05) is 66.5 Å². The minimum absolute atomic E-state index is 0.0235. The van der Waals surface area contributed by atoms with Crippen molar-refractivity contribution in [1.29, 1.82) is 0 Å². The van der Waals surface area contributed by atoms with E-state index < -0.39 is 28.5 Å². The molecule has 0 saturated heterocycles. The summed E-state index contributed by atoms with van der Waals surface area (Å²) >= 11 is 12.3. The fourth-order valence-corrected chi connectivity index (χ4v) is 4.45. The number of rotatable bonds is 9. The van der Waals surface area contributed by atoms with E-state index in [9.17, 15) is 18.0 Å². The number of nitrogens with one attached hydrogen (secondary N) is 1. The van der Waals surface area contributed by atoms with Crippen LogP contribution in [0.2, 0.25) is 10.0 Å². The molecule has 2 aromatic carbocycles. The fraction of sp³-hybridized carbons (Fsp3) is 0.333. The largest absolute Gasteiger partial charge is 0.357 e. The Morgan fingerprint density at radius 1 is 1.06 bits per heavy atom. The van der Waals surface area contributed by atoms with Crippen LogP contribution in [0, 0.1) is 0 Å². The number of halogens is 2. The second kappa shape index (κ2) is 10.8. The maximum absolute atomic E-state index is 13.4. The third kappa shape index (κ3) is 6.35. The average molecular weight is 486 g/mol. The molecule has 168 valence electrons. The molecule has 0 aromatic heterocycles. The Kier molecular flexibility index (Phi) is 8.73. The van der Waals surface area contributed by atoms with Crippen LogP contribution in [0.5, 0.6) is 0 Å². The van der Waals surface area contributed by atoms with Gasteiger partial charge in [-0.3, -0.25) is 13.9 Å². The second-order valence-corrected chi connectivity index (χ2v) is 9.58. The Morgan fingerprint density at radius 2 is 1.71 bits per heavy atom. The van der Waals surface area contributed by atoms with Gasteiger partial charge in [0.25, 0.3) is 0 Å². The van der Waals surface area contributed by atoms with Gasteiger partial charge in [0, 0.05) is 13.6 Å². The first-order valence-electron chi connectivity index (χ1n) is 9.56. The summed E-state index contributed by atoms with van der Waals surface area (Å²) in [6.07, 6.45) is 1.34. The highest BCUT2D eigenvalue weighted by atomic mass is 35.5. The molecule has 0 aliphatic rings. The second-order valence-electron chi connectivity index (χ2n) is 6.89. The Hall–Kier alpha value is -2.29. The van der Waals surface area contributed by atoms with Crippen LogP contribution in [0.1, 0.15) is 18.9 Å². The van der Waals surface area contributed by atoms with Gasteiger partial charge in [-0.05, 0) is 24.1 Å². The summed E-state index contributed by atoms with van der Waals surface area (Å²) in [4.78, 5) is 27.2. The zero-order valence-electron chi connectivity index (χ0n) is 17.5. The minimum atomic E-state index is -3.87. The Morgan fingerprint density at radius 3 is 2.26 bits per heavy atom. The van der Waals surface area contributed by atoms with Crippen molar-refractivity contribution in [2.24, 2.45) is 0 Å². The smallest absolute Gasteiger partial charge is 0.244 e. The number of carbonyl (C=O) groups is 2. The van der Waals surface area contributed by atoms with Crippen LogP contribution in [-0.4, -0.2) is 51.0 Å². The summed E-state index contributed by atoms with van der Waals surface area (Å²) in [6, 6.07) is 12.9. The van der Waals surface area contributed by atoms with Crippen LogP contribution < -0.4 is 9.62 Å². The molecule has 0 unspecified atom stereocenters. The van der Waals surface area contributed by atoms with E-state index in [2.05, 4.69) is 5.32 Å². The van der Waals surface area contributed by atoms with Crippen molar-refractivity contribution in [3.63, 3.8) is 0 Å². The third-order valence-corrected chi connectivity index (χ3v) is 6.64. The summed E-state index contributed by atoms with van der Waals surface area (Å²) in [7, 11) is -2.38. The first kappa shape index (κ1) is 25.0. The molecule has 7 nitrogen and oxygen atoms in total. The van der Waals surface area contributed by atoms with Crippen molar-refractivity contribution in [2.45, 2.75) is 25.9 Å². The number of sulfonamides is 1. The molecule has 0 heterocycles. The van der Waals surface area contributed by atoms with E-state index in [-0.39, 0.29) is 28.2 Å². The Balaban J connectivity index is 2.45. The van der Waals surface area contributed by atoms with Gasteiger partial charge in [-0.2, -0.15) is 0 Å². The van der Waals surface area contributed by atoms with Crippen LogP contribution in [-0.2, 0) is 26.2 Å². The number of benzene rings is 2. The van der Waals surface area contributed by atoms with Crippen molar-refractivity contribution in [2.75, 3.05) is 24.2 Å². The summed E-state index contributed by atoms with van der Waals surface area (Å²) in [5, 5.41) is 2.75. The number of anilines is 1. The number of nitrogens with zero attached hydrogens (tertiary/aromatic N) is 2. The van der Waals surface area contributed by atoms with Crippen LogP contribution in [0.3, 0.4) is 0 Å². The van der Waals surface area contributed by atoms with Gasteiger partial charge in [-0.15, -0.1) is 0 Å². The molecule has 0 saturated carbocycles. The van der Waals surface area contributed by atoms with E-state index in [1.807, 2.05) is 30.3 Å². The number of hydrogen-bond donors (Lipinski definition) is 1. The van der Waals surface area contributed by atoms with E-state index in [0.717, 1.165) is 16.1 Å². The average Bonchev–Trinajstić information content (AvgIpc) is 2.73. The molecule has 2 amide bonds. The molecule has 1 N–H and O–H groups in total. The normalized spacial score (nSPS) is 12.2. The molecular weight excluding hydrogens is 461 g/mol. The standard InChI is InChI=1S/C21H25Cl2N3O4S/c1-4-17(21(28)24-2)25(13-15-9-6-5-7-10-15)19(27)14-26(31(3,29)30)18-12-8-11-16(22)20(18)23/h5-12,17H,4,13-14H2,1-3H3,(H,24,28)/t17-/m0/s1. The third-order valence-electron chi connectivity index (χ3n) is 4.71. The first-order chi connectivity index (χ1) is 14.6.